The van der Waals surface area contributed by atoms with Crippen LogP contribution in [0.5, 0.6) is 0 Å². The topological polar surface area (TPSA) is 51.5 Å². The molecule has 1 aliphatic rings. The van der Waals surface area contributed by atoms with Gasteiger partial charge < -0.3 is 10.1 Å². The van der Waals surface area contributed by atoms with Crippen LogP contribution >= 0.6 is 0 Å². The molecule has 0 spiro atoms. The Morgan fingerprint density at radius 2 is 2.44 bits per heavy atom. The van der Waals surface area contributed by atoms with E-state index >= 15 is 0 Å². The van der Waals surface area contributed by atoms with Crippen LogP contribution in [-0.4, -0.2) is 34.3 Å². The Kier molecular flexibility index (Phi) is 2.30. The summed E-state index contributed by atoms with van der Waals surface area (Å²) in [6.07, 6.45) is 1.51. The van der Waals surface area contributed by atoms with E-state index in [0.717, 1.165) is 6.54 Å². The van der Waals surface area contributed by atoms with Crippen molar-refractivity contribution in [1.29, 1.82) is 0 Å². The van der Waals surface area contributed by atoms with Crippen LogP contribution < -0.4 is 5.32 Å². The monoisotopic (exact) mass is 222 g/mol. The minimum Gasteiger partial charge on any atom is -0.368 e. The fraction of sp³-hybridized carbons (Fsp3) is 0.400. The van der Waals surface area contributed by atoms with Gasteiger partial charge in [-0.15, -0.1) is 10.2 Å². The highest BCUT2D eigenvalue weighted by Crippen LogP contribution is 2.17. The molecule has 6 heteroatoms. The summed E-state index contributed by atoms with van der Waals surface area (Å²) >= 11 is 0. The van der Waals surface area contributed by atoms with Crippen LogP contribution in [0.3, 0.4) is 0 Å². The Balaban J connectivity index is 2.03. The van der Waals surface area contributed by atoms with Crippen LogP contribution in [0.25, 0.3) is 5.65 Å². The predicted octanol–water partition coefficient (Wildman–Crippen LogP) is 0.529. The molecule has 0 amide bonds. The number of ether oxygens (including phenoxy) is 1. The lowest BCUT2D eigenvalue weighted by Gasteiger charge is -2.21. The summed E-state index contributed by atoms with van der Waals surface area (Å²) in [5.41, 5.74) is 0.504. The summed E-state index contributed by atoms with van der Waals surface area (Å²) in [5.74, 6) is 0.399. The number of hydrogen-bond acceptors (Lipinski definition) is 4. The average Bonchev–Trinajstić information content (AvgIpc) is 2.73. The molecule has 1 N–H and O–H groups in total. The van der Waals surface area contributed by atoms with Crippen LogP contribution in [0.1, 0.15) is 11.9 Å². The van der Waals surface area contributed by atoms with Gasteiger partial charge in [-0.05, 0) is 6.07 Å². The summed E-state index contributed by atoms with van der Waals surface area (Å²) in [5, 5.41) is 11.2. The molecule has 1 saturated heterocycles. The maximum atomic E-state index is 13.0. The average molecular weight is 222 g/mol. The minimum absolute atomic E-state index is 0.116. The normalized spacial score (nSPS) is 21.4. The van der Waals surface area contributed by atoms with Crippen molar-refractivity contribution in [1.82, 2.24) is 19.9 Å². The van der Waals surface area contributed by atoms with Crippen molar-refractivity contribution < 1.29 is 9.13 Å². The molecule has 1 fully saturated rings. The molecule has 84 valence electrons. The maximum absolute atomic E-state index is 13.0. The standard InChI is InChI=1S/C10H11FN4O/c11-7-1-3-15-9(5-7)13-14-10(15)8-6-12-2-4-16-8/h1,3,5,8,12H,2,4,6H2. The lowest BCUT2D eigenvalue weighted by molar-refractivity contribution is 0.0215. The molecule has 0 bridgehead atoms. The maximum Gasteiger partial charge on any atom is 0.167 e. The van der Waals surface area contributed by atoms with Crippen LogP contribution in [0.15, 0.2) is 18.3 Å². The summed E-state index contributed by atoms with van der Waals surface area (Å²) in [6, 6.07) is 2.74. The van der Waals surface area contributed by atoms with E-state index in [1.165, 1.54) is 12.1 Å². The number of nitrogens with one attached hydrogen (secondary N) is 1. The van der Waals surface area contributed by atoms with Crippen LogP contribution in [0, 0.1) is 5.82 Å². The summed E-state index contributed by atoms with van der Waals surface area (Å²) in [6.45, 7) is 2.21. The number of pyridine rings is 1. The first-order valence-electron chi connectivity index (χ1n) is 5.17. The molecule has 1 atom stereocenters. The van der Waals surface area contributed by atoms with Gasteiger partial charge >= 0.3 is 0 Å². The van der Waals surface area contributed by atoms with E-state index in [2.05, 4.69) is 15.5 Å². The zero-order valence-corrected chi connectivity index (χ0v) is 8.56. The van der Waals surface area contributed by atoms with Crippen LogP contribution in [0.4, 0.5) is 4.39 Å². The predicted molar refractivity (Wildman–Crippen MR) is 54.5 cm³/mol. The number of halogens is 1. The SMILES string of the molecule is Fc1ccn2c(C3CNCCO3)nnc2c1. The van der Waals surface area contributed by atoms with E-state index in [1.807, 2.05) is 0 Å². The number of fused-ring (bicyclic) bond motifs is 1. The first kappa shape index (κ1) is 9.68. The van der Waals surface area contributed by atoms with Crippen molar-refractivity contribution in [3.8, 4) is 0 Å². The van der Waals surface area contributed by atoms with Gasteiger partial charge in [0.1, 0.15) is 11.9 Å². The molecule has 5 nitrogen and oxygen atoms in total. The number of nitrogens with zero attached hydrogens (tertiary/aromatic N) is 3. The second-order valence-corrected chi connectivity index (χ2v) is 3.69. The van der Waals surface area contributed by atoms with E-state index in [4.69, 9.17) is 4.74 Å². The Hall–Kier alpha value is -1.53. The Morgan fingerprint density at radius 1 is 1.50 bits per heavy atom. The van der Waals surface area contributed by atoms with Gasteiger partial charge in [-0.1, -0.05) is 0 Å². The Morgan fingerprint density at radius 3 is 3.25 bits per heavy atom. The lowest BCUT2D eigenvalue weighted by Crippen LogP contribution is -2.34. The highest BCUT2D eigenvalue weighted by atomic mass is 19.1. The van der Waals surface area contributed by atoms with Crippen LogP contribution in [-0.2, 0) is 4.74 Å². The van der Waals surface area contributed by atoms with Crippen molar-refractivity contribution in [3.05, 3.63) is 30.0 Å². The second kappa shape index (κ2) is 3.80. The quantitative estimate of drug-likeness (QED) is 0.764. The van der Waals surface area contributed by atoms with Gasteiger partial charge in [0.15, 0.2) is 11.5 Å². The Bertz CT molecular complexity index is 506. The second-order valence-electron chi connectivity index (χ2n) is 3.69. The smallest absolute Gasteiger partial charge is 0.167 e. The summed E-state index contributed by atoms with van der Waals surface area (Å²) < 4.78 is 20.3. The highest BCUT2D eigenvalue weighted by molar-refractivity contribution is 5.38. The highest BCUT2D eigenvalue weighted by Gasteiger charge is 2.21. The molecule has 0 radical (unpaired) electrons. The van der Waals surface area contributed by atoms with Crippen LogP contribution in [0.2, 0.25) is 0 Å². The van der Waals surface area contributed by atoms with Gasteiger partial charge in [-0.2, -0.15) is 0 Å². The van der Waals surface area contributed by atoms with Gasteiger partial charge in [0, 0.05) is 25.4 Å². The first-order valence-corrected chi connectivity index (χ1v) is 5.17. The van der Waals surface area contributed by atoms with E-state index in [0.29, 0.717) is 24.6 Å². The van der Waals surface area contributed by atoms with Gasteiger partial charge in [0.25, 0.3) is 0 Å². The van der Waals surface area contributed by atoms with Crippen molar-refractivity contribution in [2.24, 2.45) is 0 Å². The molecule has 3 rings (SSSR count). The fourth-order valence-corrected chi connectivity index (χ4v) is 1.84. The van der Waals surface area contributed by atoms with E-state index in [1.54, 1.807) is 10.6 Å². The molecule has 16 heavy (non-hydrogen) atoms. The number of morpholine rings is 1. The molecular formula is C10H11FN4O. The largest absolute Gasteiger partial charge is 0.368 e. The van der Waals surface area contributed by atoms with E-state index < -0.39 is 0 Å². The summed E-state index contributed by atoms with van der Waals surface area (Å²) in [7, 11) is 0. The van der Waals surface area contributed by atoms with Crippen molar-refractivity contribution >= 4 is 5.65 Å². The van der Waals surface area contributed by atoms with Crippen molar-refractivity contribution in [3.63, 3.8) is 0 Å². The molecule has 0 saturated carbocycles. The third-order valence-corrected chi connectivity index (χ3v) is 2.61. The number of hydrogen-bond donors (Lipinski definition) is 1. The molecule has 0 aromatic carbocycles. The van der Waals surface area contributed by atoms with Crippen molar-refractivity contribution in [2.75, 3.05) is 19.7 Å². The molecule has 0 aliphatic carbocycles. The number of aromatic nitrogens is 3. The molecular weight excluding hydrogens is 211 g/mol. The van der Waals surface area contributed by atoms with Gasteiger partial charge in [-0.25, -0.2) is 4.39 Å². The first-order chi connectivity index (χ1) is 7.84. The third-order valence-electron chi connectivity index (χ3n) is 2.61. The zero-order valence-electron chi connectivity index (χ0n) is 8.56. The van der Waals surface area contributed by atoms with E-state index in [-0.39, 0.29) is 11.9 Å². The molecule has 1 unspecified atom stereocenters. The molecule has 3 heterocycles. The van der Waals surface area contributed by atoms with E-state index in [9.17, 15) is 4.39 Å². The van der Waals surface area contributed by atoms with Gasteiger partial charge in [-0.3, -0.25) is 4.40 Å². The minimum atomic E-state index is -0.311. The molecule has 2 aromatic rings. The van der Waals surface area contributed by atoms with Gasteiger partial charge in [0.05, 0.1) is 6.61 Å². The number of rotatable bonds is 1. The summed E-state index contributed by atoms with van der Waals surface area (Å²) in [4.78, 5) is 0. The lowest BCUT2D eigenvalue weighted by atomic mass is 10.3. The fourth-order valence-electron chi connectivity index (χ4n) is 1.84. The third kappa shape index (κ3) is 1.56. The molecule has 2 aromatic heterocycles. The Labute approximate surface area is 91.2 Å². The zero-order chi connectivity index (χ0) is 11.0. The van der Waals surface area contributed by atoms with Crippen molar-refractivity contribution in [2.45, 2.75) is 6.10 Å². The van der Waals surface area contributed by atoms with Gasteiger partial charge in [0.2, 0.25) is 0 Å². The molecule has 1 aliphatic heterocycles.